The van der Waals surface area contributed by atoms with Gasteiger partial charge < -0.3 is 5.11 Å². The highest BCUT2D eigenvalue weighted by molar-refractivity contribution is 5.77. The van der Waals surface area contributed by atoms with Crippen molar-refractivity contribution >= 4 is 5.97 Å². The third-order valence-corrected chi connectivity index (χ3v) is 4.09. The summed E-state index contributed by atoms with van der Waals surface area (Å²) < 4.78 is 27.5. The van der Waals surface area contributed by atoms with Gasteiger partial charge in [0.2, 0.25) is 0 Å². The van der Waals surface area contributed by atoms with Crippen LogP contribution in [0.15, 0.2) is 12.1 Å². The van der Waals surface area contributed by atoms with Crippen LogP contribution in [-0.2, 0) is 4.79 Å². The molecule has 2 nitrogen and oxygen atoms in total. The van der Waals surface area contributed by atoms with Gasteiger partial charge in [-0.2, -0.15) is 0 Å². The SMILES string of the molecule is CC1CC2C(C(=O)O)C2c2c(F)ccc(F)c21. The number of hydrogen-bond acceptors (Lipinski definition) is 1. The maximum Gasteiger partial charge on any atom is 0.307 e. The molecule has 0 aromatic heterocycles. The molecule has 1 N–H and O–H groups in total. The van der Waals surface area contributed by atoms with E-state index in [-0.39, 0.29) is 17.8 Å². The Kier molecular flexibility index (Phi) is 2.06. The molecule has 1 saturated carbocycles. The Morgan fingerprint density at radius 2 is 1.88 bits per heavy atom. The first-order chi connectivity index (χ1) is 8.02. The van der Waals surface area contributed by atoms with E-state index in [4.69, 9.17) is 5.11 Å². The minimum Gasteiger partial charge on any atom is -0.481 e. The zero-order valence-electron chi connectivity index (χ0n) is 9.28. The lowest BCUT2D eigenvalue weighted by Crippen LogP contribution is -2.10. The van der Waals surface area contributed by atoms with Crippen LogP contribution >= 0.6 is 0 Å². The molecule has 0 spiro atoms. The zero-order valence-corrected chi connectivity index (χ0v) is 9.28. The molecule has 0 aliphatic heterocycles. The summed E-state index contributed by atoms with van der Waals surface area (Å²) >= 11 is 0. The van der Waals surface area contributed by atoms with Crippen molar-refractivity contribution in [3.63, 3.8) is 0 Å². The number of aliphatic carboxylic acids is 1. The van der Waals surface area contributed by atoms with Gasteiger partial charge in [0.1, 0.15) is 11.6 Å². The maximum absolute atomic E-state index is 13.8. The van der Waals surface area contributed by atoms with Gasteiger partial charge in [-0.3, -0.25) is 4.79 Å². The van der Waals surface area contributed by atoms with Crippen LogP contribution in [0.5, 0.6) is 0 Å². The maximum atomic E-state index is 13.8. The van der Waals surface area contributed by atoms with Crippen LogP contribution in [0.2, 0.25) is 0 Å². The quantitative estimate of drug-likeness (QED) is 0.816. The second-order valence-electron chi connectivity index (χ2n) is 5.05. The van der Waals surface area contributed by atoms with E-state index in [0.717, 1.165) is 12.1 Å². The minimum atomic E-state index is -0.899. The van der Waals surface area contributed by atoms with Gasteiger partial charge in [-0.1, -0.05) is 6.92 Å². The predicted octanol–water partition coefficient (Wildman–Crippen LogP) is 2.89. The summed E-state index contributed by atoms with van der Waals surface area (Å²) in [4.78, 5) is 11.0. The standard InChI is InChI=1S/C13H12F2O2/c1-5-4-6-10(11(6)13(16)17)12-8(15)3-2-7(14)9(5)12/h2-3,5-6,10-11H,4H2,1H3,(H,16,17). The Morgan fingerprint density at radius 1 is 1.29 bits per heavy atom. The van der Waals surface area contributed by atoms with Crippen molar-refractivity contribution in [1.82, 2.24) is 0 Å². The monoisotopic (exact) mass is 238 g/mol. The molecule has 3 rings (SSSR count). The number of carbonyl (C=O) groups is 1. The minimum absolute atomic E-state index is 0.0219. The van der Waals surface area contributed by atoms with E-state index in [1.54, 1.807) is 0 Å². The van der Waals surface area contributed by atoms with Gasteiger partial charge in [0.25, 0.3) is 0 Å². The van der Waals surface area contributed by atoms with E-state index in [1.807, 2.05) is 6.92 Å². The van der Waals surface area contributed by atoms with E-state index >= 15 is 0 Å². The highest BCUT2D eigenvalue weighted by Gasteiger charge is 2.60. The van der Waals surface area contributed by atoms with Gasteiger partial charge >= 0.3 is 5.97 Å². The van der Waals surface area contributed by atoms with E-state index in [0.29, 0.717) is 17.5 Å². The first-order valence-corrected chi connectivity index (χ1v) is 5.73. The first-order valence-electron chi connectivity index (χ1n) is 5.73. The molecule has 1 fully saturated rings. The van der Waals surface area contributed by atoms with Gasteiger partial charge in [0.15, 0.2) is 0 Å². The highest BCUT2D eigenvalue weighted by Crippen LogP contribution is 2.63. The van der Waals surface area contributed by atoms with Crippen molar-refractivity contribution in [2.75, 3.05) is 0 Å². The van der Waals surface area contributed by atoms with Crippen LogP contribution in [0.3, 0.4) is 0 Å². The molecular formula is C13H12F2O2. The Morgan fingerprint density at radius 3 is 2.47 bits per heavy atom. The highest BCUT2D eigenvalue weighted by atomic mass is 19.1. The van der Waals surface area contributed by atoms with Gasteiger partial charge in [-0.15, -0.1) is 0 Å². The Hall–Kier alpha value is -1.45. The fraction of sp³-hybridized carbons (Fsp3) is 0.462. The van der Waals surface area contributed by atoms with Crippen molar-refractivity contribution in [2.24, 2.45) is 11.8 Å². The number of fused-ring (bicyclic) bond motifs is 3. The van der Waals surface area contributed by atoms with Crippen LogP contribution < -0.4 is 0 Å². The van der Waals surface area contributed by atoms with Crippen LogP contribution in [-0.4, -0.2) is 11.1 Å². The molecule has 2 aliphatic carbocycles. The second-order valence-corrected chi connectivity index (χ2v) is 5.05. The van der Waals surface area contributed by atoms with Crippen molar-refractivity contribution in [3.8, 4) is 0 Å². The summed E-state index contributed by atoms with van der Waals surface area (Å²) in [7, 11) is 0. The van der Waals surface area contributed by atoms with E-state index < -0.39 is 23.5 Å². The summed E-state index contributed by atoms with van der Waals surface area (Å²) in [6, 6.07) is 2.23. The third-order valence-electron chi connectivity index (χ3n) is 4.09. The zero-order chi connectivity index (χ0) is 12.3. The van der Waals surface area contributed by atoms with Crippen LogP contribution in [0.1, 0.15) is 36.3 Å². The molecule has 1 aromatic rings. The third kappa shape index (κ3) is 1.33. The van der Waals surface area contributed by atoms with Gasteiger partial charge in [0.05, 0.1) is 5.92 Å². The fourth-order valence-electron chi connectivity index (χ4n) is 3.35. The summed E-state index contributed by atoms with van der Waals surface area (Å²) in [5, 5.41) is 9.04. The predicted molar refractivity (Wildman–Crippen MR) is 56.7 cm³/mol. The second kappa shape index (κ2) is 3.28. The molecule has 0 heterocycles. The molecule has 0 amide bonds. The molecule has 0 bridgehead atoms. The van der Waals surface area contributed by atoms with Crippen molar-refractivity contribution in [1.29, 1.82) is 0 Å². The topological polar surface area (TPSA) is 37.3 Å². The number of carboxylic acids is 1. The van der Waals surface area contributed by atoms with Crippen molar-refractivity contribution in [3.05, 3.63) is 34.9 Å². The lowest BCUT2D eigenvalue weighted by molar-refractivity contribution is -0.139. The molecule has 4 atom stereocenters. The summed E-state index contributed by atoms with van der Waals surface area (Å²) in [5.41, 5.74) is 0.691. The van der Waals surface area contributed by atoms with E-state index in [9.17, 15) is 13.6 Å². The molecule has 1 aromatic carbocycles. The number of carboxylic acid groups (broad SMARTS) is 1. The Balaban J connectivity index is 2.15. The molecule has 4 unspecified atom stereocenters. The largest absolute Gasteiger partial charge is 0.481 e. The summed E-state index contributed by atoms with van der Waals surface area (Å²) in [6.45, 7) is 1.83. The first kappa shape index (κ1) is 10.7. The number of benzene rings is 1. The average Bonchev–Trinajstić information content (AvgIpc) is 2.96. The average molecular weight is 238 g/mol. The lowest BCUT2D eigenvalue weighted by Gasteiger charge is -2.22. The van der Waals surface area contributed by atoms with Crippen LogP contribution in [0, 0.1) is 23.5 Å². The summed E-state index contributed by atoms with van der Waals surface area (Å²) in [6.07, 6.45) is 0.634. The molecular weight excluding hydrogens is 226 g/mol. The summed E-state index contributed by atoms with van der Waals surface area (Å²) in [5.74, 6) is -2.76. The molecule has 0 saturated heterocycles. The Bertz CT molecular complexity index is 512. The molecule has 4 heteroatoms. The van der Waals surface area contributed by atoms with Crippen molar-refractivity contribution in [2.45, 2.75) is 25.2 Å². The molecule has 90 valence electrons. The normalized spacial score (nSPS) is 33.8. The van der Waals surface area contributed by atoms with Gasteiger partial charge in [-0.05, 0) is 41.5 Å². The van der Waals surface area contributed by atoms with Crippen LogP contribution in [0.4, 0.5) is 8.78 Å². The van der Waals surface area contributed by atoms with E-state index in [2.05, 4.69) is 0 Å². The van der Waals surface area contributed by atoms with Crippen molar-refractivity contribution < 1.29 is 18.7 Å². The number of hydrogen-bond donors (Lipinski definition) is 1. The van der Waals surface area contributed by atoms with Crippen LogP contribution in [0.25, 0.3) is 0 Å². The van der Waals surface area contributed by atoms with Gasteiger partial charge in [-0.25, -0.2) is 8.78 Å². The lowest BCUT2D eigenvalue weighted by atomic mass is 9.83. The molecule has 2 aliphatic rings. The smallest absolute Gasteiger partial charge is 0.307 e. The molecule has 17 heavy (non-hydrogen) atoms. The fourth-order valence-corrected chi connectivity index (χ4v) is 3.35. The number of halogens is 2. The van der Waals surface area contributed by atoms with Gasteiger partial charge in [0, 0.05) is 5.92 Å². The number of rotatable bonds is 1. The van der Waals surface area contributed by atoms with E-state index in [1.165, 1.54) is 0 Å². The molecule has 0 radical (unpaired) electrons. The Labute approximate surface area is 97.3 Å².